The van der Waals surface area contributed by atoms with E-state index in [0.717, 1.165) is 46.9 Å². The fourth-order valence-electron chi connectivity index (χ4n) is 8.64. The number of aromatic amines is 2. The lowest BCUT2D eigenvalue weighted by Crippen LogP contribution is -2.51. The first kappa shape index (κ1) is 41.0. The Labute approximate surface area is 351 Å². The molecule has 0 aliphatic carbocycles. The predicted octanol–water partition coefficient (Wildman–Crippen LogP) is 6.97. The van der Waals surface area contributed by atoms with E-state index >= 15 is 0 Å². The zero-order valence-electron chi connectivity index (χ0n) is 35.0. The van der Waals surface area contributed by atoms with Crippen molar-refractivity contribution in [1.29, 1.82) is 0 Å². The maximum atomic E-state index is 14.3. The Kier molecular flexibility index (Phi) is 11.3. The van der Waals surface area contributed by atoms with E-state index in [1.807, 2.05) is 64.1 Å². The Morgan fingerprint density at radius 3 is 1.98 bits per heavy atom. The van der Waals surface area contributed by atoms with Gasteiger partial charge < -0.3 is 44.3 Å². The molecule has 16 heteroatoms. The largest absolute Gasteiger partial charge is 0.456 e. The molecule has 16 nitrogen and oxygen atoms in total. The van der Waals surface area contributed by atoms with Crippen molar-refractivity contribution in [2.45, 2.75) is 77.6 Å². The molecule has 3 aromatic carbocycles. The van der Waals surface area contributed by atoms with Crippen molar-refractivity contribution < 1.29 is 33.1 Å². The average Bonchev–Trinajstić information content (AvgIpc) is 4.10. The summed E-state index contributed by atoms with van der Waals surface area (Å²) in [5.41, 5.74) is 3.79. The lowest BCUT2D eigenvalue weighted by Gasteiger charge is -2.30. The van der Waals surface area contributed by atoms with Crippen molar-refractivity contribution >= 4 is 56.7 Å². The number of carbonyl (C=O) groups is 4. The Balaban J connectivity index is 1.05. The molecule has 2 aliphatic rings. The Bertz CT molecular complexity index is 2720. The summed E-state index contributed by atoms with van der Waals surface area (Å²) < 4.78 is 16.5. The fraction of sp³-hybridized carbons (Fsp3) is 0.400. The summed E-state index contributed by atoms with van der Waals surface area (Å²) in [6.07, 6.45) is 4.24. The van der Waals surface area contributed by atoms with Gasteiger partial charge in [0.2, 0.25) is 11.3 Å². The number of hydrogen-bond donors (Lipinski definition) is 4. The minimum absolute atomic E-state index is 0.152. The SMILES string of the molecule is CNC(=O)O[C@H](C(=O)N1CCC[C@H]1c1ncc(-c2ccc3c(ccc4oc5ccc(-c6cnc(C7CCCN7C(=O)C(NC(=O)OC)C(C)C)[nH]6)cc5c(=O)c43)c2)[nH]1)C(C)C. The minimum Gasteiger partial charge on any atom is -0.456 e. The minimum atomic E-state index is -0.917. The van der Waals surface area contributed by atoms with Gasteiger partial charge in [-0.05, 0) is 78.6 Å². The summed E-state index contributed by atoms with van der Waals surface area (Å²) in [5, 5.41) is 7.56. The summed E-state index contributed by atoms with van der Waals surface area (Å²) in [5.74, 6) is 0.466. The van der Waals surface area contributed by atoms with Crippen molar-refractivity contribution in [2.24, 2.45) is 11.8 Å². The topological polar surface area (TPSA) is 205 Å². The highest BCUT2D eigenvalue weighted by Gasteiger charge is 2.39. The molecule has 61 heavy (non-hydrogen) atoms. The number of carbonyl (C=O) groups excluding carboxylic acids is 4. The van der Waals surface area contributed by atoms with Gasteiger partial charge in [0.15, 0.2) is 6.10 Å². The number of ether oxygens (including phenoxy) is 2. The number of aromatic nitrogens is 4. The lowest BCUT2D eigenvalue weighted by atomic mass is 10.00. The zero-order chi connectivity index (χ0) is 43.1. The molecule has 8 rings (SSSR count). The number of benzene rings is 3. The third kappa shape index (κ3) is 7.77. The van der Waals surface area contributed by atoms with Crippen LogP contribution in [0.1, 0.15) is 77.1 Å². The molecule has 2 saturated heterocycles. The van der Waals surface area contributed by atoms with Gasteiger partial charge in [0.1, 0.15) is 28.9 Å². The van der Waals surface area contributed by atoms with Crippen molar-refractivity contribution in [2.75, 3.05) is 27.2 Å². The lowest BCUT2D eigenvalue weighted by molar-refractivity contribution is -0.143. The molecule has 6 aromatic rings. The van der Waals surface area contributed by atoms with Gasteiger partial charge in [0, 0.05) is 31.3 Å². The van der Waals surface area contributed by atoms with Crippen LogP contribution in [-0.4, -0.2) is 93.1 Å². The van der Waals surface area contributed by atoms with Crippen LogP contribution in [0.4, 0.5) is 9.59 Å². The number of rotatable bonds is 10. The highest BCUT2D eigenvalue weighted by atomic mass is 16.6. The molecule has 5 heterocycles. The first-order chi connectivity index (χ1) is 29.4. The molecule has 0 spiro atoms. The van der Waals surface area contributed by atoms with E-state index in [4.69, 9.17) is 13.9 Å². The standard InChI is InChI=1S/C45H50N8O8/c1-23(2)37(51-45(58)59-6)42(55)52-17-7-9-32(52)40-48-22-31(50-40)27-13-15-34-29(20-27)38(54)36-28-14-11-26(19-25(28)12-16-35(36)60-34)30-21-47-41(49-30)33-10-8-18-53(33)43(56)39(24(3)4)61-44(57)46-5/h11-16,19-24,32-33,37,39H,7-10,17-18H2,1-6H3,(H,46,57)(H,47,49)(H,48,50)(H,51,58)/t32?,33-,37?,39-/m0/s1. The summed E-state index contributed by atoms with van der Waals surface area (Å²) in [4.78, 5) is 85.3. The number of likely N-dealkylation sites (tertiary alicyclic amines) is 2. The van der Waals surface area contributed by atoms with Crippen LogP contribution in [0.2, 0.25) is 0 Å². The van der Waals surface area contributed by atoms with Crippen molar-refractivity contribution in [3.8, 4) is 22.5 Å². The predicted molar refractivity (Wildman–Crippen MR) is 228 cm³/mol. The second-order valence-corrected chi connectivity index (χ2v) is 16.4. The Hall–Kier alpha value is -6.71. The van der Waals surface area contributed by atoms with Crippen LogP contribution in [0.3, 0.4) is 0 Å². The van der Waals surface area contributed by atoms with Crippen LogP contribution in [0, 0.1) is 11.8 Å². The number of imidazole rings is 2. The van der Waals surface area contributed by atoms with E-state index in [9.17, 15) is 24.0 Å². The summed E-state index contributed by atoms with van der Waals surface area (Å²) in [7, 11) is 2.73. The summed E-state index contributed by atoms with van der Waals surface area (Å²) in [6.45, 7) is 8.51. The second-order valence-electron chi connectivity index (χ2n) is 16.4. The maximum absolute atomic E-state index is 14.3. The summed E-state index contributed by atoms with van der Waals surface area (Å²) >= 11 is 0. The zero-order valence-corrected chi connectivity index (χ0v) is 35.0. The molecule has 2 fully saturated rings. The molecule has 4 atom stereocenters. The van der Waals surface area contributed by atoms with Crippen LogP contribution < -0.4 is 16.1 Å². The highest BCUT2D eigenvalue weighted by Crippen LogP contribution is 2.36. The monoisotopic (exact) mass is 830 g/mol. The van der Waals surface area contributed by atoms with Crippen molar-refractivity contribution in [3.63, 3.8) is 0 Å². The smallest absolute Gasteiger partial charge is 0.407 e. The van der Waals surface area contributed by atoms with Gasteiger partial charge >= 0.3 is 12.2 Å². The van der Waals surface area contributed by atoms with Gasteiger partial charge in [-0.25, -0.2) is 19.6 Å². The fourth-order valence-corrected chi connectivity index (χ4v) is 8.64. The molecule has 2 unspecified atom stereocenters. The van der Waals surface area contributed by atoms with E-state index < -0.39 is 24.3 Å². The molecule has 0 saturated carbocycles. The first-order valence-electron chi connectivity index (χ1n) is 20.7. The molecular formula is C45H50N8O8. The summed E-state index contributed by atoms with van der Waals surface area (Å²) in [6, 6.07) is 13.7. The molecule has 4 N–H and O–H groups in total. The first-order valence-corrected chi connectivity index (χ1v) is 20.7. The molecular weight excluding hydrogens is 781 g/mol. The van der Waals surface area contributed by atoms with Gasteiger partial charge in [-0.3, -0.25) is 14.4 Å². The normalized spacial score (nSPS) is 17.7. The number of fused-ring (bicyclic) bond motifs is 4. The number of hydrogen-bond acceptors (Lipinski definition) is 10. The van der Waals surface area contributed by atoms with Crippen LogP contribution in [0.15, 0.2) is 70.1 Å². The van der Waals surface area contributed by atoms with E-state index in [2.05, 4.69) is 30.6 Å². The van der Waals surface area contributed by atoms with Gasteiger partial charge in [0.05, 0.1) is 53.7 Å². The number of alkyl carbamates (subject to hydrolysis) is 2. The molecule has 3 aromatic heterocycles. The number of nitrogens with zero attached hydrogens (tertiary/aromatic N) is 4. The molecule has 2 aliphatic heterocycles. The van der Waals surface area contributed by atoms with Gasteiger partial charge in [-0.2, -0.15) is 0 Å². The molecule has 0 radical (unpaired) electrons. The number of H-pyrrole nitrogens is 2. The Morgan fingerprint density at radius 1 is 0.770 bits per heavy atom. The maximum Gasteiger partial charge on any atom is 0.407 e. The van der Waals surface area contributed by atoms with E-state index in [1.165, 1.54) is 14.2 Å². The van der Waals surface area contributed by atoms with Gasteiger partial charge in [-0.15, -0.1) is 0 Å². The highest BCUT2D eigenvalue weighted by molar-refractivity contribution is 6.09. The van der Waals surface area contributed by atoms with E-state index in [-0.39, 0.29) is 41.2 Å². The quantitative estimate of drug-likeness (QED) is 0.0825. The average molecular weight is 831 g/mol. The third-order valence-corrected chi connectivity index (χ3v) is 11.8. The molecule has 4 amide bonds. The van der Waals surface area contributed by atoms with Crippen molar-refractivity contribution in [1.82, 2.24) is 40.4 Å². The van der Waals surface area contributed by atoms with Crippen LogP contribution in [0.5, 0.6) is 0 Å². The van der Waals surface area contributed by atoms with Crippen molar-refractivity contribution in [3.05, 3.63) is 82.8 Å². The number of methoxy groups -OCH3 is 1. The van der Waals surface area contributed by atoms with Crippen LogP contribution >= 0.6 is 0 Å². The van der Waals surface area contributed by atoms with Crippen LogP contribution in [0.25, 0.3) is 55.2 Å². The Morgan fingerprint density at radius 2 is 1.38 bits per heavy atom. The third-order valence-electron chi connectivity index (χ3n) is 11.8. The number of nitrogens with one attached hydrogen (secondary N) is 4. The van der Waals surface area contributed by atoms with Gasteiger partial charge in [-0.1, -0.05) is 45.9 Å². The number of amides is 4. The van der Waals surface area contributed by atoms with Gasteiger partial charge in [0.25, 0.3) is 5.91 Å². The van der Waals surface area contributed by atoms with E-state index in [0.29, 0.717) is 58.8 Å². The van der Waals surface area contributed by atoms with Crippen LogP contribution in [-0.2, 0) is 19.1 Å². The molecule has 0 bridgehead atoms. The molecule has 318 valence electrons. The second kappa shape index (κ2) is 16.7. The van der Waals surface area contributed by atoms with E-state index in [1.54, 1.807) is 34.3 Å².